The Morgan fingerprint density at radius 2 is 2.26 bits per heavy atom. The summed E-state index contributed by atoms with van der Waals surface area (Å²) in [6.45, 7) is 9.99. The minimum absolute atomic E-state index is 0.363. The predicted octanol–water partition coefficient (Wildman–Crippen LogP) is 3.05. The summed E-state index contributed by atoms with van der Waals surface area (Å²) in [5, 5.41) is 7.02. The summed E-state index contributed by atoms with van der Waals surface area (Å²) >= 11 is 1.74. The van der Waals surface area contributed by atoms with Crippen LogP contribution in [0.2, 0.25) is 0 Å². The lowest BCUT2D eigenvalue weighted by molar-refractivity contribution is 0.173. The monoisotopic (exact) mass is 281 g/mol. The summed E-state index contributed by atoms with van der Waals surface area (Å²) in [4.78, 5) is 6.96. The molecule has 1 heterocycles. The van der Waals surface area contributed by atoms with Gasteiger partial charge in [0.25, 0.3) is 0 Å². The van der Waals surface area contributed by atoms with E-state index in [2.05, 4.69) is 48.4 Å². The van der Waals surface area contributed by atoms with Crippen molar-refractivity contribution in [2.75, 3.05) is 20.1 Å². The summed E-state index contributed by atoms with van der Waals surface area (Å²) in [5.74, 6) is 0. The zero-order valence-corrected chi connectivity index (χ0v) is 13.5. The molecular weight excluding hydrogens is 254 g/mol. The molecule has 0 amide bonds. The van der Waals surface area contributed by atoms with E-state index in [1.807, 2.05) is 0 Å². The van der Waals surface area contributed by atoms with Crippen LogP contribution in [-0.4, -0.2) is 36.1 Å². The van der Waals surface area contributed by atoms with E-state index in [0.29, 0.717) is 5.41 Å². The number of aromatic nitrogens is 1. The fourth-order valence-electron chi connectivity index (χ4n) is 2.44. The van der Waals surface area contributed by atoms with Gasteiger partial charge < -0.3 is 5.32 Å². The second-order valence-corrected chi connectivity index (χ2v) is 7.41. The summed E-state index contributed by atoms with van der Waals surface area (Å²) in [6, 6.07) is 0.803. The summed E-state index contributed by atoms with van der Waals surface area (Å²) in [7, 11) is 2.21. The molecule has 108 valence electrons. The van der Waals surface area contributed by atoms with Gasteiger partial charge in [0.1, 0.15) is 0 Å². The molecule has 1 N–H and O–H groups in total. The van der Waals surface area contributed by atoms with Gasteiger partial charge in [-0.3, -0.25) is 4.90 Å². The molecule has 1 atom stereocenters. The maximum Gasteiger partial charge on any atom is 0.0897 e. The highest BCUT2D eigenvalue weighted by Crippen LogP contribution is 2.25. The smallest absolute Gasteiger partial charge is 0.0897 e. The van der Waals surface area contributed by atoms with Crippen molar-refractivity contribution in [2.24, 2.45) is 5.41 Å². The van der Waals surface area contributed by atoms with E-state index in [9.17, 15) is 0 Å². The van der Waals surface area contributed by atoms with Crippen LogP contribution in [0.3, 0.4) is 0 Å². The Hall–Kier alpha value is -0.450. The largest absolute Gasteiger partial charge is 0.313 e. The zero-order valence-electron chi connectivity index (χ0n) is 12.7. The molecule has 1 aromatic heterocycles. The number of thiazole rings is 1. The van der Waals surface area contributed by atoms with E-state index in [0.717, 1.165) is 30.7 Å². The normalized spacial score (nSPS) is 18.8. The quantitative estimate of drug-likeness (QED) is 0.794. The van der Waals surface area contributed by atoms with Crippen molar-refractivity contribution in [2.45, 2.75) is 52.6 Å². The van der Waals surface area contributed by atoms with Gasteiger partial charge in [-0.1, -0.05) is 13.8 Å². The number of hydrogen-bond acceptors (Lipinski definition) is 4. The fourth-order valence-corrected chi connectivity index (χ4v) is 3.04. The molecule has 1 aliphatic rings. The van der Waals surface area contributed by atoms with E-state index in [-0.39, 0.29) is 0 Å². The van der Waals surface area contributed by atoms with Gasteiger partial charge in [-0.2, -0.15) is 0 Å². The van der Waals surface area contributed by atoms with Gasteiger partial charge in [0.2, 0.25) is 0 Å². The van der Waals surface area contributed by atoms with Gasteiger partial charge in [0.15, 0.2) is 0 Å². The molecule has 4 heteroatoms. The highest BCUT2D eigenvalue weighted by molar-refractivity contribution is 7.09. The van der Waals surface area contributed by atoms with Crippen LogP contribution in [0.4, 0.5) is 0 Å². The first-order chi connectivity index (χ1) is 9.00. The van der Waals surface area contributed by atoms with Gasteiger partial charge in [-0.25, -0.2) is 4.98 Å². The van der Waals surface area contributed by atoms with Crippen molar-refractivity contribution in [3.8, 4) is 0 Å². The fraction of sp³-hybridized carbons (Fsp3) is 0.800. The molecule has 3 nitrogen and oxygen atoms in total. The first kappa shape index (κ1) is 14.9. The van der Waals surface area contributed by atoms with Crippen LogP contribution in [0, 0.1) is 12.3 Å². The van der Waals surface area contributed by atoms with E-state index in [1.54, 1.807) is 11.3 Å². The predicted molar refractivity (Wildman–Crippen MR) is 82.6 cm³/mol. The third-order valence-corrected chi connectivity index (χ3v) is 4.82. The highest BCUT2D eigenvalue weighted by atomic mass is 32.1. The summed E-state index contributed by atoms with van der Waals surface area (Å²) in [5.41, 5.74) is 1.57. The lowest BCUT2D eigenvalue weighted by atomic mass is 9.86. The van der Waals surface area contributed by atoms with E-state index < -0.39 is 0 Å². The number of rotatable bonds is 8. The van der Waals surface area contributed by atoms with Crippen LogP contribution in [0.1, 0.15) is 43.8 Å². The van der Waals surface area contributed by atoms with Crippen molar-refractivity contribution >= 4 is 11.3 Å². The van der Waals surface area contributed by atoms with Crippen LogP contribution < -0.4 is 5.32 Å². The molecular formula is C15H27N3S. The molecule has 0 bridgehead atoms. The van der Waals surface area contributed by atoms with Crippen molar-refractivity contribution in [1.29, 1.82) is 0 Å². The van der Waals surface area contributed by atoms with Gasteiger partial charge in [-0.05, 0) is 38.6 Å². The van der Waals surface area contributed by atoms with Gasteiger partial charge in [-0.15, -0.1) is 11.3 Å². The van der Waals surface area contributed by atoms with Crippen LogP contribution >= 0.6 is 11.3 Å². The van der Waals surface area contributed by atoms with Crippen molar-refractivity contribution in [3.63, 3.8) is 0 Å². The molecule has 2 rings (SSSR count). The van der Waals surface area contributed by atoms with E-state index in [4.69, 9.17) is 0 Å². The lowest BCUT2D eigenvalue weighted by Crippen LogP contribution is -2.41. The SMILES string of the molecule is CCC(C)(CNC1CC1)CN(C)Cc1csc(C)n1. The van der Waals surface area contributed by atoms with Crippen molar-refractivity contribution in [3.05, 3.63) is 16.1 Å². The molecule has 1 unspecified atom stereocenters. The molecule has 0 spiro atoms. The molecule has 1 aliphatic carbocycles. The standard InChI is InChI=1S/C15H27N3S/c1-5-15(3,10-16-13-6-7-13)11-18(4)8-14-9-19-12(2)17-14/h9,13,16H,5-8,10-11H2,1-4H3. The first-order valence-corrected chi connectivity index (χ1v) is 8.22. The zero-order chi connectivity index (χ0) is 13.9. The molecule has 1 aromatic rings. The first-order valence-electron chi connectivity index (χ1n) is 7.34. The Morgan fingerprint density at radius 1 is 1.53 bits per heavy atom. The maximum atomic E-state index is 4.55. The number of aryl methyl sites for hydroxylation is 1. The minimum atomic E-state index is 0.363. The Bertz CT molecular complexity index is 400. The number of nitrogens with zero attached hydrogens (tertiary/aromatic N) is 2. The molecule has 1 saturated carbocycles. The number of hydrogen-bond donors (Lipinski definition) is 1. The van der Waals surface area contributed by atoms with E-state index >= 15 is 0 Å². The van der Waals surface area contributed by atoms with Crippen LogP contribution in [-0.2, 0) is 6.54 Å². The Labute approximate surface area is 121 Å². The molecule has 0 aromatic carbocycles. The van der Waals surface area contributed by atoms with Crippen LogP contribution in [0.15, 0.2) is 5.38 Å². The molecule has 0 aliphatic heterocycles. The number of nitrogens with one attached hydrogen (secondary N) is 1. The average Bonchev–Trinajstić information content (AvgIpc) is 3.10. The Balaban J connectivity index is 1.81. The second kappa shape index (κ2) is 6.33. The molecule has 0 saturated heterocycles. The summed E-state index contributed by atoms with van der Waals surface area (Å²) < 4.78 is 0. The third-order valence-electron chi connectivity index (χ3n) is 4.00. The van der Waals surface area contributed by atoms with Crippen LogP contribution in [0.25, 0.3) is 0 Å². The van der Waals surface area contributed by atoms with Gasteiger partial charge in [0, 0.05) is 31.1 Å². The molecule has 1 fully saturated rings. The average molecular weight is 281 g/mol. The second-order valence-electron chi connectivity index (χ2n) is 6.35. The summed E-state index contributed by atoms with van der Waals surface area (Å²) in [6.07, 6.45) is 3.95. The molecule has 19 heavy (non-hydrogen) atoms. The minimum Gasteiger partial charge on any atom is -0.313 e. The highest BCUT2D eigenvalue weighted by Gasteiger charge is 2.28. The topological polar surface area (TPSA) is 28.2 Å². The maximum absolute atomic E-state index is 4.55. The van der Waals surface area contributed by atoms with Gasteiger partial charge in [0.05, 0.1) is 10.7 Å². The van der Waals surface area contributed by atoms with Gasteiger partial charge >= 0.3 is 0 Å². The van der Waals surface area contributed by atoms with E-state index in [1.165, 1.54) is 25.0 Å². The Kier molecular flexibility index (Phi) is 4.98. The van der Waals surface area contributed by atoms with Crippen molar-refractivity contribution in [1.82, 2.24) is 15.2 Å². The molecule has 0 radical (unpaired) electrons. The third kappa shape index (κ3) is 4.86. The lowest BCUT2D eigenvalue weighted by Gasteiger charge is -2.33. The van der Waals surface area contributed by atoms with Crippen LogP contribution in [0.5, 0.6) is 0 Å². The van der Waals surface area contributed by atoms with Crippen molar-refractivity contribution < 1.29 is 0 Å². The Morgan fingerprint density at radius 3 is 2.79 bits per heavy atom.